The van der Waals surface area contributed by atoms with Gasteiger partial charge in [-0.2, -0.15) is 0 Å². The number of esters is 1. The number of nitrogens with zero attached hydrogens (tertiary/aromatic N) is 1. The van der Waals surface area contributed by atoms with Crippen molar-refractivity contribution >= 4 is 28.5 Å². The lowest BCUT2D eigenvalue weighted by molar-refractivity contribution is -0.148. The lowest BCUT2D eigenvalue weighted by Crippen LogP contribution is -2.48. The van der Waals surface area contributed by atoms with E-state index in [-0.39, 0.29) is 11.3 Å². The van der Waals surface area contributed by atoms with Crippen LogP contribution < -0.4 is 0 Å². The Balaban J connectivity index is 1.97. The molecule has 1 fully saturated rings. The highest BCUT2D eigenvalue weighted by Gasteiger charge is 2.49. The first-order valence-corrected chi connectivity index (χ1v) is 7.56. The largest absolute Gasteiger partial charge is 0.461 e. The number of hydrogen-bond donors (Lipinski definition) is 0. The van der Waals surface area contributed by atoms with Crippen LogP contribution >= 0.6 is 11.8 Å². The Morgan fingerprint density at radius 2 is 2.15 bits per heavy atom. The fourth-order valence-electron chi connectivity index (χ4n) is 2.30. The lowest BCUT2D eigenvalue weighted by Gasteiger charge is -2.34. The summed E-state index contributed by atoms with van der Waals surface area (Å²) in [6.45, 7) is 2.32. The van der Waals surface area contributed by atoms with Gasteiger partial charge < -0.3 is 4.74 Å². The fraction of sp³-hybridized carbons (Fsp3) is 0.333. The molecule has 0 saturated carbocycles. The quantitative estimate of drug-likeness (QED) is 0.631. The van der Waals surface area contributed by atoms with Gasteiger partial charge in [0.25, 0.3) is 0 Å². The lowest BCUT2D eigenvalue weighted by atomic mass is 10.1. The Hall–Kier alpha value is -1.75. The van der Waals surface area contributed by atoms with Crippen LogP contribution in [0, 0.1) is 0 Å². The van der Waals surface area contributed by atoms with Crippen LogP contribution in [0.2, 0.25) is 0 Å². The third-order valence-electron chi connectivity index (χ3n) is 3.28. The molecule has 0 aromatic heterocycles. The normalized spacial score (nSPS) is 20.8. The monoisotopic (exact) mass is 289 g/mol. The van der Waals surface area contributed by atoms with Gasteiger partial charge in [0.1, 0.15) is 5.70 Å². The van der Waals surface area contributed by atoms with Crippen LogP contribution in [0.1, 0.15) is 25.3 Å². The molecule has 0 unspecified atom stereocenters. The second kappa shape index (κ2) is 5.32. The number of benzene rings is 1. The molecule has 3 rings (SSSR count). The van der Waals surface area contributed by atoms with Crippen molar-refractivity contribution in [3.63, 3.8) is 0 Å². The Bertz CT molecular complexity index is 582. The van der Waals surface area contributed by atoms with E-state index in [9.17, 15) is 9.59 Å². The molecule has 1 saturated heterocycles. The third kappa shape index (κ3) is 2.12. The van der Waals surface area contributed by atoms with Crippen LogP contribution in [0.3, 0.4) is 0 Å². The molecular weight excluding hydrogens is 274 g/mol. The first-order valence-electron chi connectivity index (χ1n) is 6.68. The van der Waals surface area contributed by atoms with Gasteiger partial charge in [0.05, 0.1) is 18.4 Å². The summed E-state index contributed by atoms with van der Waals surface area (Å²) in [5.74, 6) is -0.398. The molecule has 0 radical (unpaired) electrons. The molecule has 1 amide bonds. The van der Waals surface area contributed by atoms with Crippen molar-refractivity contribution in [2.75, 3.05) is 6.61 Å². The number of rotatable bonds is 4. The summed E-state index contributed by atoms with van der Waals surface area (Å²) in [4.78, 5) is 26.4. The maximum absolute atomic E-state index is 12.2. The smallest absolute Gasteiger partial charge is 0.356 e. The van der Waals surface area contributed by atoms with Crippen LogP contribution in [0.25, 0.3) is 4.91 Å². The summed E-state index contributed by atoms with van der Waals surface area (Å²) < 4.78 is 5.22. The molecule has 2 heterocycles. The topological polar surface area (TPSA) is 46.6 Å². The Kier molecular flexibility index (Phi) is 3.53. The SMILES string of the molecule is CCCOC(=O)C1=C(c2ccccc2)S[C@@H]2CC(=O)N12. The molecular formula is C15H15NO3S. The summed E-state index contributed by atoms with van der Waals surface area (Å²) in [6, 6.07) is 9.68. The molecule has 20 heavy (non-hydrogen) atoms. The number of ether oxygens (including phenoxy) is 1. The molecule has 0 N–H and O–H groups in total. The molecule has 0 aliphatic carbocycles. The summed E-state index contributed by atoms with van der Waals surface area (Å²) in [5, 5.41) is 0.0573. The molecule has 4 nitrogen and oxygen atoms in total. The summed E-state index contributed by atoms with van der Waals surface area (Å²) in [7, 11) is 0. The minimum absolute atomic E-state index is 0.00289. The van der Waals surface area contributed by atoms with E-state index in [1.165, 1.54) is 0 Å². The number of hydrogen-bond acceptors (Lipinski definition) is 4. The van der Waals surface area contributed by atoms with Gasteiger partial charge in [0.15, 0.2) is 0 Å². The van der Waals surface area contributed by atoms with E-state index in [1.54, 1.807) is 16.7 Å². The van der Waals surface area contributed by atoms with E-state index in [2.05, 4.69) is 0 Å². The van der Waals surface area contributed by atoms with Crippen LogP contribution in [0.15, 0.2) is 36.0 Å². The van der Waals surface area contributed by atoms with Crippen molar-refractivity contribution in [3.05, 3.63) is 41.6 Å². The average molecular weight is 289 g/mol. The maximum Gasteiger partial charge on any atom is 0.356 e. The summed E-state index contributed by atoms with van der Waals surface area (Å²) in [6.07, 6.45) is 1.26. The average Bonchev–Trinajstić information content (AvgIpc) is 2.78. The van der Waals surface area contributed by atoms with E-state index in [0.29, 0.717) is 18.7 Å². The zero-order chi connectivity index (χ0) is 14.1. The minimum Gasteiger partial charge on any atom is -0.461 e. The van der Waals surface area contributed by atoms with E-state index >= 15 is 0 Å². The van der Waals surface area contributed by atoms with Gasteiger partial charge in [-0.05, 0) is 12.0 Å². The number of thioether (sulfide) groups is 1. The van der Waals surface area contributed by atoms with Gasteiger partial charge in [-0.15, -0.1) is 0 Å². The molecule has 2 aliphatic rings. The van der Waals surface area contributed by atoms with Gasteiger partial charge in [-0.1, -0.05) is 49.0 Å². The first kappa shape index (κ1) is 13.2. The zero-order valence-electron chi connectivity index (χ0n) is 11.2. The fourth-order valence-corrected chi connectivity index (χ4v) is 3.69. The minimum atomic E-state index is -0.395. The predicted octanol–water partition coefficient (Wildman–Crippen LogP) is 2.61. The summed E-state index contributed by atoms with van der Waals surface area (Å²) in [5.41, 5.74) is 1.37. The Morgan fingerprint density at radius 3 is 2.80 bits per heavy atom. The molecule has 1 atom stereocenters. The standard InChI is InChI=1S/C15H15NO3S/c1-2-8-19-15(18)13-14(10-6-4-3-5-7-10)20-12-9-11(17)16(12)13/h3-7,12H,2,8-9H2,1H3/t12-/m1/s1. The molecule has 1 aromatic carbocycles. The molecule has 0 bridgehead atoms. The molecule has 0 spiro atoms. The van der Waals surface area contributed by atoms with Gasteiger partial charge in [0, 0.05) is 4.91 Å². The number of carbonyl (C=O) groups excluding carboxylic acids is 2. The molecule has 1 aromatic rings. The highest BCUT2D eigenvalue weighted by atomic mass is 32.2. The van der Waals surface area contributed by atoms with Crippen molar-refractivity contribution in [1.29, 1.82) is 0 Å². The van der Waals surface area contributed by atoms with E-state index in [0.717, 1.165) is 16.9 Å². The highest BCUT2D eigenvalue weighted by Crippen LogP contribution is 2.50. The van der Waals surface area contributed by atoms with E-state index in [1.807, 2.05) is 37.3 Å². The molecule has 104 valence electrons. The van der Waals surface area contributed by atoms with Gasteiger partial charge in [-0.25, -0.2) is 4.79 Å². The van der Waals surface area contributed by atoms with Gasteiger partial charge >= 0.3 is 5.97 Å². The van der Waals surface area contributed by atoms with Crippen LogP contribution in [-0.2, 0) is 14.3 Å². The van der Waals surface area contributed by atoms with E-state index in [4.69, 9.17) is 4.74 Å². The summed E-state index contributed by atoms with van der Waals surface area (Å²) >= 11 is 1.57. The second-order valence-electron chi connectivity index (χ2n) is 4.72. The second-order valence-corrected chi connectivity index (χ2v) is 5.91. The Morgan fingerprint density at radius 1 is 1.40 bits per heavy atom. The van der Waals surface area contributed by atoms with Crippen LogP contribution in [0.5, 0.6) is 0 Å². The maximum atomic E-state index is 12.2. The van der Waals surface area contributed by atoms with Crippen LogP contribution in [0.4, 0.5) is 0 Å². The Labute approximate surface area is 121 Å². The third-order valence-corrected chi connectivity index (χ3v) is 4.60. The van der Waals surface area contributed by atoms with E-state index < -0.39 is 5.97 Å². The van der Waals surface area contributed by atoms with Crippen molar-refractivity contribution in [1.82, 2.24) is 4.90 Å². The number of carbonyl (C=O) groups is 2. The zero-order valence-corrected chi connectivity index (χ0v) is 12.0. The van der Waals surface area contributed by atoms with Crippen molar-refractivity contribution in [2.24, 2.45) is 0 Å². The van der Waals surface area contributed by atoms with Crippen molar-refractivity contribution < 1.29 is 14.3 Å². The van der Waals surface area contributed by atoms with Gasteiger partial charge in [-0.3, -0.25) is 9.69 Å². The van der Waals surface area contributed by atoms with Crippen molar-refractivity contribution in [3.8, 4) is 0 Å². The molecule has 5 heteroatoms. The van der Waals surface area contributed by atoms with Gasteiger partial charge in [0.2, 0.25) is 5.91 Å². The van der Waals surface area contributed by atoms with Crippen LogP contribution in [-0.4, -0.2) is 28.8 Å². The predicted molar refractivity (Wildman–Crippen MR) is 77.5 cm³/mol. The number of β-lactam (4-membered cyclic amide) rings is 1. The highest BCUT2D eigenvalue weighted by molar-refractivity contribution is 8.09. The first-order chi connectivity index (χ1) is 9.72. The number of fused-ring (bicyclic) bond motifs is 1. The number of amides is 1. The van der Waals surface area contributed by atoms with Crippen molar-refractivity contribution in [2.45, 2.75) is 25.1 Å². The molecule has 2 aliphatic heterocycles.